The Morgan fingerprint density at radius 2 is 1.73 bits per heavy atom. The van der Waals surface area contributed by atoms with Crippen LogP contribution in [0.5, 0.6) is 0 Å². The Morgan fingerprint density at radius 1 is 1.08 bits per heavy atom. The largest absolute Gasteiger partial charge is 0.385 e. The molecule has 0 radical (unpaired) electrons. The molecule has 26 heavy (non-hydrogen) atoms. The average Bonchev–Trinajstić information content (AvgIpc) is 2.56. The quantitative estimate of drug-likeness (QED) is 0.578. The molecule has 1 aromatic carbocycles. The van der Waals surface area contributed by atoms with Crippen LogP contribution in [0.1, 0.15) is 83.5 Å². The third-order valence-corrected chi connectivity index (χ3v) is 8.28. The van der Waals surface area contributed by atoms with Gasteiger partial charge in [0.2, 0.25) is 0 Å². The van der Waals surface area contributed by atoms with Gasteiger partial charge in [-0.25, -0.2) is 0 Å². The standard InChI is InChI=1S/C24H39OP/c1-16-11-18-13-17(2)24(25,21(12-16)14-18)20-9-7-19(8-10-20)22(26-6)15-23(3,4)5/h7-10,16-18,21-22,25-26H,11-15H2,1-6H3. The van der Waals surface area contributed by atoms with Crippen LogP contribution < -0.4 is 0 Å². The van der Waals surface area contributed by atoms with E-state index in [-0.39, 0.29) is 0 Å². The highest BCUT2D eigenvalue weighted by atomic mass is 31.1. The van der Waals surface area contributed by atoms with Gasteiger partial charge in [-0.05, 0) is 79.0 Å². The number of rotatable bonds is 4. The molecule has 1 N–H and O–H groups in total. The van der Waals surface area contributed by atoms with Gasteiger partial charge in [0.05, 0.1) is 5.60 Å². The van der Waals surface area contributed by atoms with Crippen LogP contribution in [-0.2, 0) is 5.60 Å². The Morgan fingerprint density at radius 3 is 2.31 bits per heavy atom. The monoisotopic (exact) mass is 374 g/mol. The van der Waals surface area contributed by atoms with Crippen LogP contribution in [0.2, 0.25) is 0 Å². The van der Waals surface area contributed by atoms with Crippen molar-refractivity contribution in [1.29, 1.82) is 0 Å². The maximum Gasteiger partial charge on any atom is 0.0950 e. The molecule has 7 unspecified atom stereocenters. The molecule has 1 aromatic rings. The van der Waals surface area contributed by atoms with Crippen LogP contribution in [0.4, 0.5) is 0 Å². The molecule has 2 heteroatoms. The average molecular weight is 375 g/mol. The normalized spacial score (nSPS) is 36.4. The van der Waals surface area contributed by atoms with Gasteiger partial charge in [-0.2, -0.15) is 0 Å². The Labute approximate surface area is 163 Å². The summed E-state index contributed by atoms with van der Waals surface area (Å²) in [6.07, 6.45) is 6.17. The fraction of sp³-hybridized carbons (Fsp3) is 0.750. The zero-order valence-electron chi connectivity index (χ0n) is 17.7. The first kappa shape index (κ1) is 20.3. The van der Waals surface area contributed by atoms with Gasteiger partial charge in [0.15, 0.2) is 0 Å². The SMILES string of the molecule is CPC(CC(C)(C)C)c1ccc(C2(O)C(C)CC3CC(C)CC2C3)cc1. The summed E-state index contributed by atoms with van der Waals surface area (Å²) >= 11 is 0. The molecule has 0 aromatic heterocycles. The second-order valence-electron chi connectivity index (χ2n) is 10.6. The zero-order valence-corrected chi connectivity index (χ0v) is 18.7. The third-order valence-electron chi connectivity index (χ3n) is 7.04. The molecule has 0 heterocycles. The zero-order chi connectivity index (χ0) is 19.1. The van der Waals surface area contributed by atoms with Gasteiger partial charge in [-0.1, -0.05) is 58.9 Å². The lowest BCUT2D eigenvalue weighted by molar-refractivity contribution is -0.132. The predicted molar refractivity (Wildman–Crippen MR) is 115 cm³/mol. The number of benzene rings is 1. The Kier molecular flexibility index (Phi) is 5.91. The summed E-state index contributed by atoms with van der Waals surface area (Å²) in [7, 11) is 0.925. The highest BCUT2D eigenvalue weighted by molar-refractivity contribution is 7.37. The van der Waals surface area contributed by atoms with Crippen molar-refractivity contribution < 1.29 is 5.11 Å². The fourth-order valence-corrected chi connectivity index (χ4v) is 7.22. The molecular formula is C24H39OP. The van der Waals surface area contributed by atoms with E-state index in [1.807, 2.05) is 0 Å². The van der Waals surface area contributed by atoms with Crippen molar-refractivity contribution in [2.75, 3.05) is 6.66 Å². The van der Waals surface area contributed by atoms with Gasteiger partial charge >= 0.3 is 0 Å². The van der Waals surface area contributed by atoms with Crippen molar-refractivity contribution in [1.82, 2.24) is 0 Å². The molecule has 2 aliphatic carbocycles. The van der Waals surface area contributed by atoms with E-state index in [1.165, 1.54) is 43.2 Å². The molecule has 1 nitrogen and oxygen atoms in total. The van der Waals surface area contributed by atoms with Gasteiger partial charge in [0, 0.05) is 5.66 Å². The van der Waals surface area contributed by atoms with Gasteiger partial charge in [-0.3, -0.25) is 0 Å². The summed E-state index contributed by atoms with van der Waals surface area (Å²) in [4.78, 5) is 0. The van der Waals surface area contributed by atoms with Crippen molar-refractivity contribution in [3.63, 3.8) is 0 Å². The summed E-state index contributed by atoms with van der Waals surface area (Å²) < 4.78 is 0. The van der Waals surface area contributed by atoms with Crippen LogP contribution in [0.25, 0.3) is 0 Å². The van der Waals surface area contributed by atoms with Crippen LogP contribution >= 0.6 is 8.58 Å². The van der Waals surface area contributed by atoms with E-state index < -0.39 is 5.60 Å². The molecule has 2 saturated carbocycles. The van der Waals surface area contributed by atoms with Crippen molar-refractivity contribution in [2.24, 2.45) is 29.1 Å². The van der Waals surface area contributed by atoms with Crippen molar-refractivity contribution in [2.45, 2.75) is 78.0 Å². The van der Waals surface area contributed by atoms with Gasteiger partial charge < -0.3 is 5.11 Å². The summed E-state index contributed by atoms with van der Waals surface area (Å²) in [6, 6.07) is 9.12. The van der Waals surface area contributed by atoms with Crippen molar-refractivity contribution >= 4 is 8.58 Å². The first-order valence-corrected chi connectivity index (χ1v) is 12.2. The molecule has 2 bridgehead atoms. The molecule has 2 aliphatic rings. The highest BCUT2D eigenvalue weighted by Crippen LogP contribution is 2.54. The van der Waals surface area contributed by atoms with E-state index in [2.05, 4.69) is 65.5 Å². The highest BCUT2D eigenvalue weighted by Gasteiger charge is 2.50. The summed E-state index contributed by atoms with van der Waals surface area (Å²) in [5, 5.41) is 11.8. The Balaban J connectivity index is 1.85. The molecule has 0 aliphatic heterocycles. The maximum atomic E-state index is 11.8. The Bertz CT molecular complexity index is 598. The minimum Gasteiger partial charge on any atom is -0.385 e. The second-order valence-corrected chi connectivity index (χ2v) is 11.8. The molecule has 7 atom stereocenters. The fourth-order valence-electron chi connectivity index (χ4n) is 5.88. The van der Waals surface area contributed by atoms with Crippen molar-refractivity contribution in [3.05, 3.63) is 35.4 Å². The van der Waals surface area contributed by atoms with Gasteiger partial charge in [0.25, 0.3) is 0 Å². The maximum absolute atomic E-state index is 11.8. The number of aliphatic hydroxyl groups is 1. The molecule has 2 fully saturated rings. The number of hydrogen-bond acceptors (Lipinski definition) is 1. The molecule has 0 amide bonds. The summed E-state index contributed by atoms with van der Waals surface area (Å²) in [6.45, 7) is 14.0. The smallest absolute Gasteiger partial charge is 0.0950 e. The molecule has 146 valence electrons. The second kappa shape index (κ2) is 7.56. The molecule has 0 spiro atoms. The third kappa shape index (κ3) is 4.05. The lowest BCUT2D eigenvalue weighted by Gasteiger charge is -2.52. The predicted octanol–water partition coefficient (Wildman–Crippen LogP) is 6.75. The van der Waals surface area contributed by atoms with Gasteiger partial charge in [-0.15, -0.1) is 8.58 Å². The van der Waals surface area contributed by atoms with E-state index in [9.17, 15) is 5.11 Å². The first-order valence-electron chi connectivity index (χ1n) is 10.6. The first-order chi connectivity index (χ1) is 12.1. The van der Waals surface area contributed by atoms with Crippen LogP contribution in [0, 0.1) is 29.1 Å². The van der Waals surface area contributed by atoms with Crippen LogP contribution in [0.15, 0.2) is 24.3 Å². The molecular weight excluding hydrogens is 335 g/mol. The van der Waals surface area contributed by atoms with Crippen molar-refractivity contribution in [3.8, 4) is 0 Å². The summed E-state index contributed by atoms with van der Waals surface area (Å²) in [5.74, 6) is 2.39. The van der Waals surface area contributed by atoms with E-state index in [4.69, 9.17) is 0 Å². The number of hydrogen-bond donors (Lipinski definition) is 1. The van der Waals surface area contributed by atoms with E-state index in [0.717, 1.165) is 20.4 Å². The topological polar surface area (TPSA) is 20.2 Å². The Hall–Kier alpha value is -0.390. The van der Waals surface area contributed by atoms with E-state index in [1.54, 1.807) is 0 Å². The lowest BCUT2D eigenvalue weighted by atomic mass is 9.56. The van der Waals surface area contributed by atoms with Crippen LogP contribution in [-0.4, -0.2) is 11.8 Å². The number of fused-ring (bicyclic) bond motifs is 2. The van der Waals surface area contributed by atoms with Gasteiger partial charge in [0.1, 0.15) is 0 Å². The van der Waals surface area contributed by atoms with Crippen LogP contribution in [0.3, 0.4) is 0 Å². The molecule has 0 saturated heterocycles. The lowest BCUT2D eigenvalue weighted by Crippen LogP contribution is -2.49. The minimum atomic E-state index is -0.627. The van der Waals surface area contributed by atoms with E-state index in [0.29, 0.717) is 22.9 Å². The minimum absolute atomic E-state index is 0.357. The van der Waals surface area contributed by atoms with E-state index >= 15 is 0 Å². The molecule has 3 rings (SSSR count). The summed E-state index contributed by atoms with van der Waals surface area (Å²) in [5.41, 5.74) is 2.99.